The fourth-order valence-electron chi connectivity index (χ4n) is 1.21. The van der Waals surface area contributed by atoms with Gasteiger partial charge in [0.2, 0.25) is 0 Å². The highest BCUT2D eigenvalue weighted by Gasteiger charge is 2.07. The van der Waals surface area contributed by atoms with E-state index < -0.39 is 0 Å². The van der Waals surface area contributed by atoms with Crippen LogP contribution in [0.3, 0.4) is 0 Å². The molecule has 2 heteroatoms. The maximum absolute atomic E-state index is 3.32. The average Bonchev–Trinajstić information content (AvgIpc) is 2.52. The fourth-order valence-corrected chi connectivity index (χ4v) is 2.08. The van der Waals surface area contributed by atoms with Gasteiger partial charge in [0.1, 0.15) is 0 Å². The van der Waals surface area contributed by atoms with Gasteiger partial charge in [0, 0.05) is 10.9 Å². The van der Waals surface area contributed by atoms with Crippen molar-refractivity contribution in [3.8, 4) is 0 Å². The van der Waals surface area contributed by atoms with Crippen LogP contribution in [0, 0.1) is 0 Å². The van der Waals surface area contributed by atoms with Gasteiger partial charge in [-0.2, -0.15) is 0 Å². The molecule has 0 aromatic carbocycles. The highest BCUT2D eigenvalue weighted by Crippen LogP contribution is 2.22. The van der Waals surface area contributed by atoms with Gasteiger partial charge in [0.15, 0.2) is 0 Å². The highest BCUT2D eigenvalue weighted by molar-refractivity contribution is 7.10. The second-order valence-corrected chi connectivity index (χ2v) is 3.62. The van der Waals surface area contributed by atoms with Gasteiger partial charge in [-0.15, -0.1) is 11.3 Å². The van der Waals surface area contributed by atoms with Crippen LogP contribution in [0.5, 0.6) is 0 Å². The van der Waals surface area contributed by atoms with E-state index in [1.54, 1.807) is 0 Å². The molecule has 0 bridgehead atoms. The van der Waals surface area contributed by atoms with Crippen LogP contribution in [-0.2, 0) is 0 Å². The molecule has 0 fully saturated rings. The molecule has 0 spiro atoms. The Morgan fingerprint density at radius 3 is 2.91 bits per heavy atom. The quantitative estimate of drug-likeness (QED) is 0.731. The maximum atomic E-state index is 3.32. The topological polar surface area (TPSA) is 12.0 Å². The Bertz CT molecular complexity index is 181. The Morgan fingerprint density at radius 2 is 2.45 bits per heavy atom. The molecule has 62 valence electrons. The van der Waals surface area contributed by atoms with Crippen molar-refractivity contribution in [1.29, 1.82) is 0 Å². The molecule has 0 amide bonds. The summed E-state index contributed by atoms with van der Waals surface area (Å²) >= 11 is 1.83. The summed E-state index contributed by atoms with van der Waals surface area (Å²) in [5.74, 6) is 0. The minimum atomic E-state index is 0.569. The number of hydrogen-bond donors (Lipinski definition) is 1. The summed E-state index contributed by atoms with van der Waals surface area (Å²) in [6, 6.07) is 4.88. The molecule has 1 heterocycles. The lowest BCUT2D eigenvalue weighted by Crippen LogP contribution is -2.14. The zero-order valence-corrected chi connectivity index (χ0v) is 7.95. The highest BCUT2D eigenvalue weighted by atomic mass is 32.1. The summed E-state index contributed by atoms with van der Waals surface area (Å²) in [6.07, 6.45) is 2.47. The van der Waals surface area contributed by atoms with Gasteiger partial charge in [0.25, 0.3) is 0 Å². The Balaban J connectivity index is 2.56. The van der Waals surface area contributed by atoms with Crippen molar-refractivity contribution in [2.75, 3.05) is 7.05 Å². The molecule has 1 aromatic rings. The molecule has 0 saturated heterocycles. The SMILES string of the molecule is CCCC(NC)c1cccs1. The third-order valence-corrected chi connectivity index (χ3v) is 2.80. The first kappa shape index (κ1) is 8.75. The molecular weight excluding hydrogens is 154 g/mol. The zero-order valence-electron chi connectivity index (χ0n) is 7.13. The predicted octanol–water partition coefficient (Wildman–Crippen LogP) is 2.81. The predicted molar refractivity (Wildman–Crippen MR) is 51.0 cm³/mol. The number of rotatable bonds is 4. The van der Waals surface area contributed by atoms with Gasteiger partial charge in [0.05, 0.1) is 0 Å². The van der Waals surface area contributed by atoms with Crippen molar-refractivity contribution in [3.05, 3.63) is 22.4 Å². The summed E-state index contributed by atoms with van der Waals surface area (Å²) in [4.78, 5) is 1.45. The van der Waals surface area contributed by atoms with E-state index in [2.05, 4.69) is 29.8 Å². The van der Waals surface area contributed by atoms with E-state index in [1.807, 2.05) is 18.4 Å². The molecule has 1 N–H and O–H groups in total. The van der Waals surface area contributed by atoms with E-state index in [4.69, 9.17) is 0 Å². The second kappa shape index (κ2) is 4.52. The molecule has 0 aliphatic rings. The molecule has 0 aliphatic heterocycles. The normalized spacial score (nSPS) is 13.3. The van der Waals surface area contributed by atoms with Crippen molar-refractivity contribution < 1.29 is 0 Å². The van der Waals surface area contributed by atoms with Crippen LogP contribution in [0.2, 0.25) is 0 Å². The lowest BCUT2D eigenvalue weighted by atomic mass is 10.1. The molecule has 0 saturated carbocycles. The number of nitrogens with one attached hydrogen (secondary N) is 1. The molecule has 1 nitrogen and oxygen atoms in total. The Kier molecular flexibility index (Phi) is 3.60. The van der Waals surface area contributed by atoms with Gasteiger partial charge in [-0.25, -0.2) is 0 Å². The summed E-state index contributed by atoms with van der Waals surface area (Å²) in [6.45, 7) is 2.22. The first-order valence-electron chi connectivity index (χ1n) is 4.09. The van der Waals surface area contributed by atoms with Crippen LogP contribution in [0.25, 0.3) is 0 Å². The third-order valence-electron chi connectivity index (χ3n) is 1.81. The van der Waals surface area contributed by atoms with Crippen molar-refractivity contribution in [2.24, 2.45) is 0 Å². The van der Waals surface area contributed by atoms with Crippen LogP contribution in [-0.4, -0.2) is 7.05 Å². The molecule has 11 heavy (non-hydrogen) atoms. The zero-order chi connectivity index (χ0) is 8.10. The van der Waals surface area contributed by atoms with E-state index in [0.29, 0.717) is 6.04 Å². The summed E-state index contributed by atoms with van der Waals surface area (Å²) in [7, 11) is 2.03. The van der Waals surface area contributed by atoms with Gasteiger partial charge in [-0.05, 0) is 24.9 Å². The monoisotopic (exact) mass is 169 g/mol. The van der Waals surface area contributed by atoms with Crippen LogP contribution in [0.15, 0.2) is 17.5 Å². The van der Waals surface area contributed by atoms with E-state index >= 15 is 0 Å². The van der Waals surface area contributed by atoms with Crippen molar-refractivity contribution in [2.45, 2.75) is 25.8 Å². The van der Waals surface area contributed by atoms with E-state index in [1.165, 1.54) is 17.7 Å². The van der Waals surface area contributed by atoms with Gasteiger partial charge < -0.3 is 5.32 Å². The molecule has 0 radical (unpaired) electrons. The van der Waals surface area contributed by atoms with E-state index in [9.17, 15) is 0 Å². The minimum Gasteiger partial charge on any atom is -0.312 e. The average molecular weight is 169 g/mol. The van der Waals surface area contributed by atoms with E-state index in [0.717, 1.165) is 0 Å². The van der Waals surface area contributed by atoms with Crippen molar-refractivity contribution >= 4 is 11.3 Å². The molecule has 1 atom stereocenters. The molecule has 0 aliphatic carbocycles. The Labute approximate surface area is 72.4 Å². The first-order chi connectivity index (χ1) is 5.38. The molecule has 1 rings (SSSR count). The summed E-state index contributed by atoms with van der Waals surface area (Å²) in [5.41, 5.74) is 0. The number of hydrogen-bond acceptors (Lipinski definition) is 2. The smallest absolute Gasteiger partial charge is 0.0412 e. The summed E-state index contributed by atoms with van der Waals surface area (Å²) in [5, 5.41) is 5.45. The second-order valence-electron chi connectivity index (χ2n) is 2.65. The lowest BCUT2D eigenvalue weighted by Gasteiger charge is -2.12. The van der Waals surface area contributed by atoms with Crippen LogP contribution >= 0.6 is 11.3 Å². The van der Waals surface area contributed by atoms with E-state index in [-0.39, 0.29) is 0 Å². The van der Waals surface area contributed by atoms with Crippen molar-refractivity contribution in [1.82, 2.24) is 5.32 Å². The Morgan fingerprint density at radius 1 is 1.64 bits per heavy atom. The standard InChI is InChI=1S/C9H15NS/c1-3-5-8(10-2)9-6-4-7-11-9/h4,6-8,10H,3,5H2,1-2H3. The molecular formula is C9H15NS. The van der Waals surface area contributed by atoms with Gasteiger partial charge in [-0.3, -0.25) is 0 Å². The maximum Gasteiger partial charge on any atom is 0.0412 e. The fraction of sp³-hybridized carbons (Fsp3) is 0.556. The van der Waals surface area contributed by atoms with Crippen molar-refractivity contribution in [3.63, 3.8) is 0 Å². The summed E-state index contributed by atoms with van der Waals surface area (Å²) < 4.78 is 0. The molecule has 1 aromatic heterocycles. The molecule has 1 unspecified atom stereocenters. The number of thiophene rings is 1. The Hall–Kier alpha value is -0.340. The third kappa shape index (κ3) is 2.31. The van der Waals surface area contributed by atoms with Crippen LogP contribution in [0.4, 0.5) is 0 Å². The van der Waals surface area contributed by atoms with Gasteiger partial charge in [-0.1, -0.05) is 19.4 Å². The minimum absolute atomic E-state index is 0.569. The lowest BCUT2D eigenvalue weighted by molar-refractivity contribution is 0.550. The first-order valence-corrected chi connectivity index (χ1v) is 4.97. The largest absolute Gasteiger partial charge is 0.312 e. The van der Waals surface area contributed by atoms with Gasteiger partial charge >= 0.3 is 0 Å². The van der Waals surface area contributed by atoms with Crippen LogP contribution in [0.1, 0.15) is 30.7 Å². The van der Waals surface area contributed by atoms with Crippen LogP contribution < -0.4 is 5.32 Å².